The maximum atomic E-state index is 12.3. The number of nitro benzene ring substituents is 1. The van der Waals surface area contributed by atoms with Crippen LogP contribution >= 0.6 is 0 Å². The van der Waals surface area contributed by atoms with Gasteiger partial charge in [-0.05, 0) is 36.2 Å². The van der Waals surface area contributed by atoms with E-state index in [0.29, 0.717) is 5.56 Å². The second kappa shape index (κ2) is 8.74. The molecule has 9 heteroatoms. The molecule has 2 aromatic carbocycles. The van der Waals surface area contributed by atoms with E-state index in [-0.39, 0.29) is 18.0 Å². The molecule has 27 heavy (non-hydrogen) atoms. The number of aryl methyl sites for hydroxylation is 1. The van der Waals surface area contributed by atoms with Crippen molar-refractivity contribution in [2.24, 2.45) is 4.99 Å². The van der Waals surface area contributed by atoms with Gasteiger partial charge < -0.3 is 4.90 Å². The number of hydrogen-bond donors (Lipinski definition) is 1. The van der Waals surface area contributed by atoms with Crippen LogP contribution in [0.5, 0.6) is 0 Å². The fourth-order valence-electron chi connectivity index (χ4n) is 2.35. The average molecular weight is 390 g/mol. The highest BCUT2D eigenvalue weighted by Crippen LogP contribution is 2.24. The van der Waals surface area contributed by atoms with Crippen LogP contribution in [-0.4, -0.2) is 46.7 Å². The van der Waals surface area contributed by atoms with Crippen molar-refractivity contribution in [3.63, 3.8) is 0 Å². The van der Waals surface area contributed by atoms with Crippen molar-refractivity contribution < 1.29 is 13.3 Å². The number of rotatable bonds is 8. The van der Waals surface area contributed by atoms with E-state index in [0.717, 1.165) is 11.3 Å². The van der Waals surface area contributed by atoms with Crippen LogP contribution < -0.4 is 9.62 Å². The number of hydrogen-bond acceptors (Lipinski definition) is 6. The zero-order valence-electron chi connectivity index (χ0n) is 15.4. The van der Waals surface area contributed by atoms with Crippen molar-refractivity contribution >= 4 is 27.6 Å². The van der Waals surface area contributed by atoms with Crippen molar-refractivity contribution in [3.05, 3.63) is 63.7 Å². The van der Waals surface area contributed by atoms with E-state index in [1.165, 1.54) is 18.2 Å². The molecule has 0 fully saturated rings. The lowest BCUT2D eigenvalue weighted by molar-refractivity contribution is -0.387. The SMILES string of the molecule is Cc1ccc(S(=O)(=O)NCCN=Cc2ccc(N(C)C)cc2)c([N+](=O)[O-])c1. The van der Waals surface area contributed by atoms with Crippen molar-refractivity contribution in [1.82, 2.24) is 4.72 Å². The summed E-state index contributed by atoms with van der Waals surface area (Å²) in [6, 6.07) is 11.8. The van der Waals surface area contributed by atoms with Gasteiger partial charge in [0.2, 0.25) is 10.0 Å². The average Bonchev–Trinajstić information content (AvgIpc) is 2.61. The van der Waals surface area contributed by atoms with E-state index in [4.69, 9.17) is 0 Å². The highest BCUT2D eigenvalue weighted by molar-refractivity contribution is 7.89. The molecule has 0 aliphatic rings. The summed E-state index contributed by atoms with van der Waals surface area (Å²) in [5, 5.41) is 11.1. The van der Waals surface area contributed by atoms with Gasteiger partial charge in [0, 0.05) is 38.6 Å². The highest BCUT2D eigenvalue weighted by Gasteiger charge is 2.25. The number of aliphatic imine (C=N–C) groups is 1. The fraction of sp³-hybridized carbons (Fsp3) is 0.278. The summed E-state index contributed by atoms with van der Waals surface area (Å²) in [4.78, 5) is 16.2. The van der Waals surface area contributed by atoms with Crippen molar-refractivity contribution in [3.8, 4) is 0 Å². The molecule has 0 spiro atoms. The van der Waals surface area contributed by atoms with Gasteiger partial charge in [0.05, 0.1) is 11.5 Å². The van der Waals surface area contributed by atoms with E-state index in [9.17, 15) is 18.5 Å². The fourth-order valence-corrected chi connectivity index (χ4v) is 3.52. The Morgan fingerprint density at radius 3 is 2.44 bits per heavy atom. The first kappa shape index (κ1) is 20.5. The van der Waals surface area contributed by atoms with E-state index >= 15 is 0 Å². The molecule has 0 atom stereocenters. The second-order valence-corrected chi connectivity index (χ2v) is 7.88. The van der Waals surface area contributed by atoms with Crippen molar-refractivity contribution in [2.75, 3.05) is 32.1 Å². The Kier molecular flexibility index (Phi) is 6.65. The Balaban J connectivity index is 1.97. The van der Waals surface area contributed by atoms with Crippen LogP contribution in [0.1, 0.15) is 11.1 Å². The van der Waals surface area contributed by atoms with E-state index in [2.05, 4.69) is 9.71 Å². The lowest BCUT2D eigenvalue weighted by atomic mass is 10.2. The zero-order chi connectivity index (χ0) is 20.0. The molecule has 1 N–H and O–H groups in total. The maximum Gasteiger partial charge on any atom is 0.289 e. The van der Waals surface area contributed by atoms with Crippen molar-refractivity contribution in [1.29, 1.82) is 0 Å². The molecule has 0 heterocycles. The standard InChI is InChI=1S/C18H22N4O4S/c1-14-4-9-18(17(12-14)22(23)24)27(25,26)20-11-10-19-13-15-5-7-16(8-6-15)21(2)3/h4-9,12-13,20H,10-11H2,1-3H3. The number of benzene rings is 2. The Hall–Kier alpha value is -2.78. The number of nitro groups is 1. The van der Waals surface area contributed by atoms with E-state index in [1.807, 2.05) is 43.3 Å². The number of sulfonamides is 1. The van der Waals surface area contributed by atoms with Crippen LogP contribution in [0.25, 0.3) is 0 Å². The molecule has 0 aromatic heterocycles. The Morgan fingerprint density at radius 1 is 1.19 bits per heavy atom. The largest absolute Gasteiger partial charge is 0.378 e. The quantitative estimate of drug-likeness (QED) is 0.322. The number of anilines is 1. The van der Waals surface area contributed by atoms with Gasteiger partial charge in [-0.25, -0.2) is 13.1 Å². The molecular formula is C18H22N4O4S. The third kappa shape index (κ3) is 5.60. The van der Waals surface area contributed by atoms with Gasteiger partial charge in [0.1, 0.15) is 0 Å². The van der Waals surface area contributed by atoms with E-state index < -0.39 is 20.6 Å². The zero-order valence-corrected chi connectivity index (χ0v) is 16.2. The van der Waals surface area contributed by atoms with Gasteiger partial charge in [-0.1, -0.05) is 18.2 Å². The molecular weight excluding hydrogens is 368 g/mol. The van der Waals surface area contributed by atoms with Crippen LogP contribution in [0.4, 0.5) is 11.4 Å². The molecule has 0 bridgehead atoms. The molecule has 144 valence electrons. The van der Waals surface area contributed by atoms with Crippen LogP contribution in [0.2, 0.25) is 0 Å². The molecule has 2 rings (SSSR count). The molecule has 0 saturated carbocycles. The Labute approximate surface area is 158 Å². The monoisotopic (exact) mass is 390 g/mol. The van der Waals surface area contributed by atoms with Crippen LogP contribution in [-0.2, 0) is 10.0 Å². The first-order valence-electron chi connectivity index (χ1n) is 8.22. The lowest BCUT2D eigenvalue weighted by Gasteiger charge is -2.11. The van der Waals surface area contributed by atoms with Crippen molar-refractivity contribution in [2.45, 2.75) is 11.8 Å². The molecule has 0 aliphatic heterocycles. The first-order chi connectivity index (χ1) is 12.7. The first-order valence-corrected chi connectivity index (χ1v) is 9.71. The van der Waals surface area contributed by atoms with E-state index in [1.54, 1.807) is 13.1 Å². The number of nitrogens with zero attached hydrogens (tertiary/aromatic N) is 3. The van der Waals surface area contributed by atoms with Crippen LogP contribution in [0.15, 0.2) is 52.4 Å². The summed E-state index contributed by atoms with van der Waals surface area (Å²) in [7, 11) is -0.0801. The summed E-state index contributed by atoms with van der Waals surface area (Å²) < 4.78 is 27.0. The number of nitrogens with one attached hydrogen (secondary N) is 1. The lowest BCUT2D eigenvalue weighted by Crippen LogP contribution is -2.27. The smallest absolute Gasteiger partial charge is 0.289 e. The molecule has 0 unspecified atom stereocenters. The summed E-state index contributed by atoms with van der Waals surface area (Å²) >= 11 is 0. The Bertz CT molecular complexity index is 938. The van der Waals surface area contributed by atoms with Gasteiger partial charge in [0.15, 0.2) is 4.90 Å². The topological polar surface area (TPSA) is 105 Å². The summed E-state index contributed by atoms with van der Waals surface area (Å²) in [6.07, 6.45) is 1.65. The maximum absolute atomic E-state index is 12.3. The van der Waals surface area contributed by atoms with Gasteiger partial charge >= 0.3 is 0 Å². The predicted octanol–water partition coefficient (Wildman–Crippen LogP) is 2.37. The summed E-state index contributed by atoms with van der Waals surface area (Å²) in [5.41, 5.74) is 2.15. The predicted molar refractivity (Wildman–Crippen MR) is 106 cm³/mol. The third-order valence-corrected chi connectivity index (χ3v) is 5.29. The van der Waals surface area contributed by atoms with Gasteiger partial charge in [0.25, 0.3) is 5.69 Å². The third-order valence-electron chi connectivity index (χ3n) is 3.78. The molecule has 0 saturated heterocycles. The van der Waals surface area contributed by atoms with Gasteiger partial charge in [-0.2, -0.15) is 0 Å². The summed E-state index contributed by atoms with van der Waals surface area (Å²) in [6.45, 7) is 1.92. The normalized spacial score (nSPS) is 11.7. The van der Waals surface area contributed by atoms with Gasteiger partial charge in [-0.3, -0.25) is 15.1 Å². The Morgan fingerprint density at radius 2 is 1.85 bits per heavy atom. The molecule has 0 amide bonds. The molecule has 0 radical (unpaired) electrons. The summed E-state index contributed by atoms with van der Waals surface area (Å²) in [5.74, 6) is 0. The van der Waals surface area contributed by atoms with Crippen LogP contribution in [0.3, 0.4) is 0 Å². The molecule has 8 nitrogen and oxygen atoms in total. The molecule has 2 aromatic rings. The minimum Gasteiger partial charge on any atom is -0.378 e. The van der Waals surface area contributed by atoms with Gasteiger partial charge in [-0.15, -0.1) is 0 Å². The minimum absolute atomic E-state index is 0.0413. The van der Waals surface area contributed by atoms with Crippen LogP contribution in [0, 0.1) is 17.0 Å². The highest BCUT2D eigenvalue weighted by atomic mass is 32.2. The second-order valence-electron chi connectivity index (χ2n) is 6.15. The molecule has 0 aliphatic carbocycles. The minimum atomic E-state index is -3.98.